The SMILES string of the molecule is COCCN1CCOC[C@H]2O[C@@](COCc3ccccc3)(O[C@H]3O[C@H](COCC1)[C@@H](OCc1ccccc1)[C@H](OCc1ccccc1)[C@H]3OCc1ccccc1)[C@@H](OCc1ccccc1)[C@@H]2OCc1ccccc1. The first-order valence-electron chi connectivity index (χ1n) is 25.9. The van der Waals surface area contributed by atoms with Crippen molar-refractivity contribution in [2.75, 3.05) is 66.4 Å². The van der Waals surface area contributed by atoms with E-state index in [-0.39, 0.29) is 59.5 Å². The lowest BCUT2D eigenvalue weighted by atomic mass is 9.97. The molecule has 74 heavy (non-hydrogen) atoms. The molecule has 0 N–H and O–H groups in total. The summed E-state index contributed by atoms with van der Waals surface area (Å²) in [6, 6.07) is 60.4. The number of methoxy groups -OCH3 is 1. The maximum atomic E-state index is 7.61. The predicted octanol–water partition coefficient (Wildman–Crippen LogP) is 8.96. The quantitative estimate of drug-likeness (QED) is 0.0646. The Balaban J connectivity index is 1.15. The normalized spacial score (nSPS) is 25.9. The van der Waals surface area contributed by atoms with Crippen LogP contribution in [-0.4, -0.2) is 126 Å². The topological polar surface area (TPSA) is 114 Å². The maximum absolute atomic E-state index is 7.61. The van der Waals surface area contributed by atoms with Crippen LogP contribution in [0.2, 0.25) is 0 Å². The first-order valence-corrected chi connectivity index (χ1v) is 25.9. The van der Waals surface area contributed by atoms with Crippen molar-refractivity contribution in [3.8, 4) is 0 Å². The molecule has 6 aromatic carbocycles. The van der Waals surface area contributed by atoms with Gasteiger partial charge in [-0.3, -0.25) is 4.90 Å². The van der Waals surface area contributed by atoms with Gasteiger partial charge in [0.25, 0.3) is 0 Å². The van der Waals surface area contributed by atoms with Crippen molar-refractivity contribution in [3.05, 3.63) is 215 Å². The molecule has 13 heteroatoms. The first kappa shape index (κ1) is 53.6. The van der Waals surface area contributed by atoms with Crippen LogP contribution in [0.5, 0.6) is 0 Å². The fourth-order valence-electron chi connectivity index (χ4n) is 9.55. The lowest BCUT2D eigenvalue weighted by molar-refractivity contribution is -0.398. The third-order valence-electron chi connectivity index (χ3n) is 13.5. The van der Waals surface area contributed by atoms with Crippen molar-refractivity contribution in [1.82, 2.24) is 4.90 Å². The molecule has 392 valence electrons. The molecule has 0 saturated carbocycles. The van der Waals surface area contributed by atoms with Crippen molar-refractivity contribution < 1.29 is 56.8 Å². The average molecular weight is 1010 g/mol. The van der Waals surface area contributed by atoms with Crippen LogP contribution in [0.4, 0.5) is 0 Å². The molecule has 9 atom stereocenters. The summed E-state index contributed by atoms with van der Waals surface area (Å²) in [7, 11) is 1.71. The molecular weight excluding hydrogens is 939 g/mol. The van der Waals surface area contributed by atoms with Crippen LogP contribution in [0.3, 0.4) is 0 Å². The van der Waals surface area contributed by atoms with E-state index in [1.807, 2.05) is 182 Å². The molecule has 0 spiro atoms. The van der Waals surface area contributed by atoms with Gasteiger partial charge in [0, 0.05) is 26.7 Å². The Morgan fingerprint density at radius 2 is 0.851 bits per heavy atom. The van der Waals surface area contributed by atoms with E-state index >= 15 is 0 Å². The second-order valence-corrected chi connectivity index (χ2v) is 18.9. The summed E-state index contributed by atoms with van der Waals surface area (Å²) in [6.07, 6.45) is -6.51. The number of hydrogen-bond acceptors (Lipinski definition) is 13. The standard InChI is InChI=1S/C61H71NO12/c1-63-35-32-62-33-36-64-44-53-55(67-39-48-22-10-3-11-23-48)57(69-41-50-26-14-5-15-27-50)58(70-42-51-28-16-6-17-29-51)60(72-53)74-61(46-66-38-47-20-8-2-9-21-47)59(71-43-52-30-18-7-19-31-52)56(54(73-61)45-65-37-34-62)68-40-49-24-12-4-13-25-49/h2-31,53-60H,32-46H2,1H3/t53-,54-,55-,56-,57+,58-,59+,60-,61+/m1/s1. The zero-order valence-corrected chi connectivity index (χ0v) is 42.4. The lowest BCUT2D eigenvalue weighted by Crippen LogP contribution is -2.65. The summed E-state index contributed by atoms with van der Waals surface area (Å²) in [4.78, 5) is 2.28. The molecule has 0 radical (unpaired) electrons. The molecule has 0 aromatic heterocycles. The van der Waals surface area contributed by atoms with Crippen LogP contribution >= 0.6 is 0 Å². The number of nitrogens with zero attached hydrogens (tertiary/aromatic N) is 1. The highest BCUT2D eigenvalue weighted by Crippen LogP contribution is 2.42. The summed E-state index contributed by atoms with van der Waals surface area (Å²) in [5.41, 5.74) is 5.88. The van der Waals surface area contributed by atoms with Gasteiger partial charge in [-0.05, 0) is 33.4 Å². The largest absolute Gasteiger partial charge is 0.383 e. The molecule has 6 aromatic rings. The van der Waals surface area contributed by atoms with Gasteiger partial charge >= 0.3 is 0 Å². The molecule has 3 fully saturated rings. The Labute approximate surface area is 436 Å². The third kappa shape index (κ3) is 15.5. The molecule has 9 rings (SSSR count). The summed E-state index contributed by atoms with van der Waals surface area (Å²) in [5, 5.41) is 0. The van der Waals surface area contributed by atoms with E-state index < -0.39 is 54.8 Å². The second kappa shape index (κ2) is 28.6. The van der Waals surface area contributed by atoms with E-state index in [1.165, 1.54) is 0 Å². The highest BCUT2D eigenvalue weighted by Gasteiger charge is 2.62. The van der Waals surface area contributed by atoms with E-state index in [2.05, 4.69) is 4.90 Å². The Kier molecular flexibility index (Phi) is 20.7. The molecule has 13 nitrogen and oxygen atoms in total. The molecule has 3 aliphatic rings. The van der Waals surface area contributed by atoms with E-state index in [0.717, 1.165) is 33.4 Å². The fourth-order valence-corrected chi connectivity index (χ4v) is 9.55. The van der Waals surface area contributed by atoms with E-state index in [0.29, 0.717) is 39.5 Å². The van der Waals surface area contributed by atoms with E-state index in [4.69, 9.17) is 56.8 Å². The molecule has 3 aliphatic heterocycles. The minimum atomic E-state index is -1.67. The predicted molar refractivity (Wildman–Crippen MR) is 278 cm³/mol. The van der Waals surface area contributed by atoms with Crippen LogP contribution in [-0.2, 0) is 96.5 Å². The van der Waals surface area contributed by atoms with Crippen LogP contribution in [0.25, 0.3) is 0 Å². The van der Waals surface area contributed by atoms with Gasteiger partial charge in [0.1, 0.15) is 49.3 Å². The molecule has 3 saturated heterocycles. The van der Waals surface area contributed by atoms with Gasteiger partial charge in [-0.15, -0.1) is 0 Å². The van der Waals surface area contributed by atoms with Crippen molar-refractivity contribution in [3.63, 3.8) is 0 Å². The maximum Gasteiger partial charge on any atom is 0.224 e. The Morgan fingerprint density at radius 3 is 1.32 bits per heavy atom. The Bertz CT molecular complexity index is 2440. The molecule has 0 unspecified atom stereocenters. The van der Waals surface area contributed by atoms with Crippen molar-refractivity contribution in [2.24, 2.45) is 0 Å². The summed E-state index contributed by atoms with van der Waals surface area (Å²) in [6.45, 7) is 5.12. The molecule has 4 bridgehead atoms. The third-order valence-corrected chi connectivity index (χ3v) is 13.5. The smallest absolute Gasteiger partial charge is 0.224 e. The Morgan fingerprint density at radius 1 is 0.446 bits per heavy atom. The van der Waals surface area contributed by atoms with Crippen LogP contribution < -0.4 is 0 Å². The van der Waals surface area contributed by atoms with Crippen LogP contribution in [0.15, 0.2) is 182 Å². The summed E-state index contributed by atoms with van der Waals surface area (Å²) >= 11 is 0. The number of hydrogen-bond donors (Lipinski definition) is 0. The van der Waals surface area contributed by atoms with Gasteiger partial charge in [0.05, 0.1) is 72.7 Å². The highest BCUT2D eigenvalue weighted by atomic mass is 16.8. The van der Waals surface area contributed by atoms with Crippen molar-refractivity contribution in [1.29, 1.82) is 0 Å². The minimum Gasteiger partial charge on any atom is -0.383 e. The molecular formula is C61H71NO12. The number of ether oxygens (including phenoxy) is 12. The summed E-state index contributed by atoms with van der Waals surface area (Å²) in [5.74, 6) is -1.67. The second-order valence-electron chi connectivity index (χ2n) is 18.9. The van der Waals surface area contributed by atoms with Gasteiger partial charge < -0.3 is 56.8 Å². The number of rotatable bonds is 22. The summed E-state index contributed by atoms with van der Waals surface area (Å²) < 4.78 is 83.2. The molecule has 3 heterocycles. The van der Waals surface area contributed by atoms with Gasteiger partial charge in [-0.1, -0.05) is 182 Å². The molecule has 0 amide bonds. The van der Waals surface area contributed by atoms with Gasteiger partial charge in [0.2, 0.25) is 5.79 Å². The lowest BCUT2D eigenvalue weighted by Gasteiger charge is -2.48. The van der Waals surface area contributed by atoms with Crippen molar-refractivity contribution in [2.45, 2.75) is 94.4 Å². The van der Waals surface area contributed by atoms with Crippen LogP contribution in [0.1, 0.15) is 33.4 Å². The van der Waals surface area contributed by atoms with Gasteiger partial charge in [-0.25, -0.2) is 0 Å². The fraction of sp³-hybridized carbons (Fsp3) is 0.410. The van der Waals surface area contributed by atoms with Crippen molar-refractivity contribution >= 4 is 0 Å². The number of fused-ring (bicyclic) bond motifs is 4. The average Bonchev–Trinajstić information content (AvgIpc) is 3.73. The zero-order chi connectivity index (χ0) is 50.5. The minimum absolute atomic E-state index is 0.0796. The van der Waals surface area contributed by atoms with Gasteiger partial charge in [-0.2, -0.15) is 0 Å². The van der Waals surface area contributed by atoms with Gasteiger partial charge in [0.15, 0.2) is 6.29 Å². The highest BCUT2D eigenvalue weighted by molar-refractivity contribution is 5.18. The van der Waals surface area contributed by atoms with E-state index in [1.54, 1.807) is 7.11 Å². The zero-order valence-electron chi connectivity index (χ0n) is 42.4. The molecule has 0 aliphatic carbocycles. The first-order chi connectivity index (χ1) is 36.6. The number of benzene rings is 6. The Hall–Kier alpha value is -5.20. The monoisotopic (exact) mass is 1010 g/mol. The van der Waals surface area contributed by atoms with Crippen LogP contribution in [0, 0.1) is 0 Å². The van der Waals surface area contributed by atoms with E-state index in [9.17, 15) is 0 Å².